The zero-order valence-electron chi connectivity index (χ0n) is 7.42. The van der Waals surface area contributed by atoms with Crippen molar-refractivity contribution in [1.82, 2.24) is 4.72 Å². The highest BCUT2D eigenvalue weighted by molar-refractivity contribution is 9.09. The first-order valence-electron chi connectivity index (χ1n) is 4.63. The van der Waals surface area contributed by atoms with Crippen molar-refractivity contribution >= 4 is 26.0 Å². The van der Waals surface area contributed by atoms with E-state index in [-0.39, 0.29) is 5.54 Å². The largest absolute Gasteiger partial charge is 0.212 e. The molecule has 2 fully saturated rings. The first-order chi connectivity index (χ1) is 6.05. The first kappa shape index (κ1) is 9.93. The molecule has 2 saturated carbocycles. The highest BCUT2D eigenvalue weighted by Crippen LogP contribution is 2.38. The van der Waals surface area contributed by atoms with E-state index < -0.39 is 10.0 Å². The Morgan fingerprint density at radius 2 is 2.00 bits per heavy atom. The highest BCUT2D eigenvalue weighted by atomic mass is 79.9. The fraction of sp³-hybridized carbons (Fsp3) is 1.00. The number of sulfonamides is 1. The molecule has 0 aliphatic heterocycles. The lowest BCUT2D eigenvalue weighted by atomic mass is 10.4. The Hall–Kier alpha value is 0.390. The Morgan fingerprint density at radius 3 is 2.38 bits per heavy atom. The van der Waals surface area contributed by atoms with Gasteiger partial charge in [0, 0.05) is 10.9 Å². The van der Waals surface area contributed by atoms with Crippen molar-refractivity contribution in [3.63, 3.8) is 0 Å². The minimum atomic E-state index is -3.01. The van der Waals surface area contributed by atoms with Gasteiger partial charge in [-0.2, -0.15) is 0 Å². The predicted molar refractivity (Wildman–Crippen MR) is 55.4 cm³/mol. The van der Waals surface area contributed by atoms with E-state index in [1.54, 1.807) is 0 Å². The number of halogens is 1. The standard InChI is InChI=1S/C8H14BrNO2S/c9-6-8(3-4-8)10-13(11,12)5-7-1-2-7/h7,10H,1-6H2. The second-order valence-electron chi connectivity index (χ2n) is 4.24. The van der Waals surface area contributed by atoms with Crippen LogP contribution >= 0.6 is 15.9 Å². The third kappa shape index (κ3) is 2.67. The van der Waals surface area contributed by atoms with Crippen LogP contribution in [0.25, 0.3) is 0 Å². The number of hydrogen-bond donors (Lipinski definition) is 1. The van der Waals surface area contributed by atoms with Gasteiger partial charge in [0.2, 0.25) is 10.0 Å². The molecular weight excluding hydrogens is 254 g/mol. The van der Waals surface area contributed by atoms with Crippen molar-refractivity contribution in [1.29, 1.82) is 0 Å². The van der Waals surface area contributed by atoms with Crippen LogP contribution in [0, 0.1) is 5.92 Å². The van der Waals surface area contributed by atoms with Gasteiger partial charge >= 0.3 is 0 Å². The fourth-order valence-electron chi connectivity index (χ4n) is 1.38. The Labute approximate surface area is 87.5 Å². The summed E-state index contributed by atoms with van der Waals surface area (Å²) in [5.41, 5.74) is -0.131. The molecule has 0 radical (unpaired) electrons. The van der Waals surface area contributed by atoms with Gasteiger partial charge in [0.1, 0.15) is 0 Å². The molecule has 2 rings (SSSR count). The van der Waals surface area contributed by atoms with Crippen molar-refractivity contribution in [3.8, 4) is 0 Å². The third-order valence-electron chi connectivity index (χ3n) is 2.63. The summed E-state index contributed by atoms with van der Waals surface area (Å²) < 4.78 is 25.9. The van der Waals surface area contributed by atoms with Gasteiger partial charge < -0.3 is 0 Å². The molecule has 0 atom stereocenters. The van der Waals surface area contributed by atoms with Crippen LogP contribution in [0.3, 0.4) is 0 Å². The second-order valence-corrected chi connectivity index (χ2v) is 6.57. The summed E-state index contributed by atoms with van der Waals surface area (Å²) in [5.74, 6) is 0.769. The van der Waals surface area contributed by atoms with E-state index in [0.717, 1.165) is 31.0 Å². The van der Waals surface area contributed by atoms with Crippen LogP contribution in [0.1, 0.15) is 25.7 Å². The quantitative estimate of drug-likeness (QED) is 0.763. The van der Waals surface area contributed by atoms with Crippen LogP contribution in [0.4, 0.5) is 0 Å². The number of rotatable bonds is 5. The van der Waals surface area contributed by atoms with E-state index in [2.05, 4.69) is 20.7 Å². The van der Waals surface area contributed by atoms with Gasteiger partial charge in [0.15, 0.2) is 0 Å². The highest BCUT2D eigenvalue weighted by Gasteiger charge is 2.45. The summed E-state index contributed by atoms with van der Waals surface area (Å²) in [6.07, 6.45) is 4.12. The van der Waals surface area contributed by atoms with Gasteiger partial charge in [-0.25, -0.2) is 13.1 Å². The summed E-state index contributed by atoms with van der Waals surface area (Å²) >= 11 is 3.34. The molecule has 0 unspecified atom stereocenters. The first-order valence-corrected chi connectivity index (χ1v) is 7.40. The minimum absolute atomic E-state index is 0.131. The average molecular weight is 268 g/mol. The maximum atomic E-state index is 11.6. The van der Waals surface area contributed by atoms with Crippen LogP contribution in [0.5, 0.6) is 0 Å². The number of hydrogen-bond acceptors (Lipinski definition) is 2. The summed E-state index contributed by atoms with van der Waals surface area (Å²) in [4.78, 5) is 0. The monoisotopic (exact) mass is 267 g/mol. The Kier molecular flexibility index (Phi) is 2.45. The van der Waals surface area contributed by atoms with Crippen LogP contribution < -0.4 is 4.72 Å². The maximum absolute atomic E-state index is 11.6. The zero-order valence-corrected chi connectivity index (χ0v) is 9.83. The average Bonchev–Trinajstić information content (AvgIpc) is 2.86. The normalized spacial score (nSPS) is 25.9. The lowest BCUT2D eigenvalue weighted by Gasteiger charge is -2.13. The van der Waals surface area contributed by atoms with E-state index in [4.69, 9.17) is 0 Å². The molecule has 5 heteroatoms. The van der Waals surface area contributed by atoms with Crippen molar-refractivity contribution in [2.24, 2.45) is 5.92 Å². The molecule has 3 nitrogen and oxygen atoms in total. The summed E-state index contributed by atoms with van der Waals surface area (Å²) in [6, 6.07) is 0. The van der Waals surface area contributed by atoms with Crippen LogP contribution in [0.15, 0.2) is 0 Å². The van der Waals surface area contributed by atoms with Crippen LogP contribution in [0.2, 0.25) is 0 Å². The molecule has 0 heterocycles. The van der Waals surface area contributed by atoms with Crippen molar-refractivity contribution < 1.29 is 8.42 Å². The molecule has 1 N–H and O–H groups in total. The Balaban J connectivity index is 1.91. The smallest absolute Gasteiger partial charge is 0.212 e. The minimum Gasteiger partial charge on any atom is -0.212 e. The van der Waals surface area contributed by atoms with Crippen LogP contribution in [-0.2, 0) is 10.0 Å². The lowest BCUT2D eigenvalue weighted by Crippen LogP contribution is -2.39. The SMILES string of the molecule is O=S(=O)(CC1CC1)NC1(CBr)CC1. The van der Waals surface area contributed by atoms with E-state index in [1.165, 1.54) is 0 Å². The van der Waals surface area contributed by atoms with E-state index in [9.17, 15) is 8.42 Å². The van der Waals surface area contributed by atoms with Crippen molar-refractivity contribution in [2.75, 3.05) is 11.1 Å². The second kappa shape index (κ2) is 3.21. The summed E-state index contributed by atoms with van der Waals surface area (Å²) in [7, 11) is -3.01. The molecule has 0 spiro atoms. The topological polar surface area (TPSA) is 46.2 Å². The predicted octanol–water partition coefficient (Wildman–Crippen LogP) is 1.24. The summed E-state index contributed by atoms with van der Waals surface area (Å²) in [5, 5.41) is 0.740. The molecule has 13 heavy (non-hydrogen) atoms. The third-order valence-corrected chi connectivity index (χ3v) is 5.36. The van der Waals surface area contributed by atoms with Gasteiger partial charge in [-0.15, -0.1) is 0 Å². The molecule has 76 valence electrons. The molecule has 0 aromatic rings. The molecule has 0 aromatic carbocycles. The molecule has 2 aliphatic rings. The molecule has 0 aromatic heterocycles. The molecule has 0 amide bonds. The Bertz CT molecular complexity index is 293. The lowest BCUT2D eigenvalue weighted by molar-refractivity contribution is 0.557. The molecular formula is C8H14BrNO2S. The van der Waals surface area contributed by atoms with Gasteiger partial charge in [-0.05, 0) is 31.6 Å². The zero-order chi connectivity index (χ0) is 9.53. The fourth-order valence-corrected chi connectivity index (χ4v) is 4.24. The molecule has 2 aliphatic carbocycles. The molecule has 0 bridgehead atoms. The Morgan fingerprint density at radius 1 is 1.38 bits per heavy atom. The van der Waals surface area contributed by atoms with Gasteiger partial charge in [-0.3, -0.25) is 0 Å². The van der Waals surface area contributed by atoms with Crippen LogP contribution in [-0.4, -0.2) is 25.0 Å². The van der Waals surface area contributed by atoms with E-state index >= 15 is 0 Å². The maximum Gasteiger partial charge on any atom is 0.212 e. The number of alkyl halides is 1. The van der Waals surface area contributed by atoms with Gasteiger partial charge in [0.05, 0.1) is 5.75 Å². The van der Waals surface area contributed by atoms with Crippen molar-refractivity contribution in [3.05, 3.63) is 0 Å². The van der Waals surface area contributed by atoms with Gasteiger partial charge in [-0.1, -0.05) is 15.9 Å². The van der Waals surface area contributed by atoms with Gasteiger partial charge in [0.25, 0.3) is 0 Å². The molecule has 0 saturated heterocycles. The van der Waals surface area contributed by atoms with Crippen molar-refractivity contribution in [2.45, 2.75) is 31.2 Å². The van der Waals surface area contributed by atoms with E-state index in [1.807, 2.05) is 0 Å². The van der Waals surface area contributed by atoms with E-state index in [0.29, 0.717) is 11.7 Å². The summed E-state index contributed by atoms with van der Waals surface area (Å²) in [6.45, 7) is 0. The number of nitrogens with one attached hydrogen (secondary N) is 1.